The molecule has 4 rings (SSSR count). The minimum atomic E-state index is -0.701. The zero-order chi connectivity index (χ0) is 27.2. The monoisotopic (exact) mass is 518 g/mol. The second kappa shape index (κ2) is 11.8. The zero-order valence-electron chi connectivity index (χ0n) is 21.9. The van der Waals surface area contributed by atoms with E-state index in [9.17, 15) is 14.4 Å². The Labute approximate surface area is 219 Å². The first-order chi connectivity index (χ1) is 18.4. The molecule has 0 saturated carbocycles. The smallest absolute Gasteiger partial charge is 0.341 e. The van der Waals surface area contributed by atoms with Gasteiger partial charge in [-0.15, -0.1) is 0 Å². The Balaban J connectivity index is 2.11. The molecule has 4 aromatic rings. The molecule has 0 aliphatic carbocycles. The number of benzene rings is 1. The number of aryl methyl sites for hydroxylation is 2. The van der Waals surface area contributed by atoms with Gasteiger partial charge in [0.15, 0.2) is 5.49 Å². The zero-order valence-corrected chi connectivity index (χ0v) is 21.9. The van der Waals surface area contributed by atoms with E-state index in [0.717, 1.165) is 5.56 Å². The first kappa shape index (κ1) is 26.7. The highest BCUT2D eigenvalue weighted by atomic mass is 16.5. The van der Waals surface area contributed by atoms with Crippen molar-refractivity contribution in [1.29, 1.82) is 0 Å². The van der Waals surface area contributed by atoms with Crippen LogP contribution in [0.25, 0.3) is 16.7 Å². The summed E-state index contributed by atoms with van der Waals surface area (Å²) in [4.78, 5) is 49.3. The van der Waals surface area contributed by atoms with Crippen LogP contribution in [0.1, 0.15) is 46.5 Å². The molecule has 38 heavy (non-hydrogen) atoms. The Bertz CT molecular complexity index is 1640. The van der Waals surface area contributed by atoms with E-state index in [4.69, 9.17) is 19.2 Å². The van der Waals surface area contributed by atoms with Gasteiger partial charge in [-0.1, -0.05) is 18.2 Å². The van der Waals surface area contributed by atoms with Crippen molar-refractivity contribution in [2.45, 2.75) is 33.7 Å². The molecule has 198 valence electrons. The Morgan fingerprint density at radius 1 is 1.03 bits per heavy atom. The highest BCUT2D eigenvalue weighted by molar-refractivity contribution is 5.99. The van der Waals surface area contributed by atoms with Crippen molar-refractivity contribution in [1.82, 2.24) is 14.0 Å². The van der Waals surface area contributed by atoms with Crippen LogP contribution in [0.3, 0.4) is 0 Å². The van der Waals surface area contributed by atoms with Crippen LogP contribution in [-0.2, 0) is 16.0 Å². The summed E-state index contributed by atoms with van der Waals surface area (Å²) in [5.41, 5.74) is 1.50. The van der Waals surface area contributed by atoms with Gasteiger partial charge >= 0.3 is 5.97 Å². The van der Waals surface area contributed by atoms with E-state index < -0.39 is 11.9 Å². The lowest BCUT2D eigenvalue weighted by molar-refractivity contribution is 0.0523. The average molecular weight is 519 g/mol. The number of carbonyl (C=O) groups excluding carboxylic acids is 2. The number of amides is 1. The molecule has 3 heterocycles. The number of carbonyl (C=O) groups is 2. The Morgan fingerprint density at radius 3 is 2.55 bits per heavy atom. The van der Waals surface area contributed by atoms with Gasteiger partial charge in [0.2, 0.25) is 0 Å². The third kappa shape index (κ3) is 5.21. The van der Waals surface area contributed by atoms with Crippen molar-refractivity contribution < 1.29 is 23.8 Å². The van der Waals surface area contributed by atoms with Gasteiger partial charge in [0.25, 0.3) is 11.5 Å². The number of para-hydroxylation sites is 1. The maximum absolute atomic E-state index is 13.5. The van der Waals surface area contributed by atoms with Gasteiger partial charge in [-0.3, -0.25) is 14.0 Å². The molecule has 0 N–H and O–H groups in total. The molecule has 0 aliphatic rings. The van der Waals surface area contributed by atoms with Crippen LogP contribution in [0, 0.1) is 6.92 Å². The van der Waals surface area contributed by atoms with E-state index in [-0.39, 0.29) is 40.7 Å². The molecular weight excluding hydrogens is 488 g/mol. The van der Waals surface area contributed by atoms with Crippen molar-refractivity contribution in [3.8, 4) is 5.75 Å². The van der Waals surface area contributed by atoms with Crippen LogP contribution in [0.4, 0.5) is 0 Å². The number of rotatable bonds is 9. The molecule has 0 bridgehead atoms. The fourth-order valence-electron chi connectivity index (χ4n) is 4.23. The van der Waals surface area contributed by atoms with Crippen molar-refractivity contribution >= 4 is 28.6 Å². The number of fused-ring (bicyclic) bond motifs is 2. The summed E-state index contributed by atoms with van der Waals surface area (Å²) in [6.45, 7) is 6.52. The summed E-state index contributed by atoms with van der Waals surface area (Å²) >= 11 is 0. The van der Waals surface area contributed by atoms with Gasteiger partial charge in [-0.25, -0.2) is 9.78 Å². The standard InChI is InChI=1S/C28H30N4O6/c1-5-37-22-13-8-7-12-19(22)26(33)30-25-21(28(35)38-6-2)17-20-24(31(25)15-10-16-36-4)29-23-18(3)11-9-14-32(23)27(20)34/h7-9,11-14,17H,5-6,10,15-16H2,1-4H3. The number of hydrogen-bond acceptors (Lipinski definition) is 7. The Morgan fingerprint density at radius 2 is 1.82 bits per heavy atom. The molecule has 0 radical (unpaired) electrons. The molecule has 3 aromatic heterocycles. The number of pyridine rings is 2. The molecule has 0 saturated heterocycles. The van der Waals surface area contributed by atoms with Crippen LogP contribution in [0.5, 0.6) is 5.75 Å². The van der Waals surface area contributed by atoms with Crippen molar-refractivity contribution in [3.63, 3.8) is 0 Å². The lowest BCUT2D eigenvalue weighted by Gasteiger charge is -2.15. The largest absolute Gasteiger partial charge is 0.493 e. The first-order valence-corrected chi connectivity index (χ1v) is 12.4. The first-order valence-electron chi connectivity index (χ1n) is 12.4. The van der Waals surface area contributed by atoms with Crippen molar-refractivity contribution in [3.05, 3.63) is 81.2 Å². The predicted octanol–water partition coefficient (Wildman–Crippen LogP) is 3.31. The highest BCUT2D eigenvalue weighted by Crippen LogP contribution is 2.19. The quantitative estimate of drug-likeness (QED) is 0.190. The molecule has 0 spiro atoms. The molecule has 0 fully saturated rings. The number of hydrogen-bond donors (Lipinski definition) is 0. The van der Waals surface area contributed by atoms with Crippen LogP contribution in [0.15, 0.2) is 58.4 Å². The van der Waals surface area contributed by atoms with E-state index >= 15 is 0 Å². The highest BCUT2D eigenvalue weighted by Gasteiger charge is 2.21. The number of methoxy groups -OCH3 is 1. The molecule has 1 amide bonds. The minimum absolute atomic E-state index is 0.00879. The topological polar surface area (TPSA) is 113 Å². The molecule has 0 aliphatic heterocycles. The number of aromatic nitrogens is 3. The number of esters is 1. The number of nitrogens with zero attached hydrogens (tertiary/aromatic N) is 4. The summed E-state index contributed by atoms with van der Waals surface area (Å²) in [6.07, 6.45) is 2.15. The Kier molecular flexibility index (Phi) is 8.32. The van der Waals surface area contributed by atoms with Crippen LogP contribution < -0.4 is 15.8 Å². The summed E-state index contributed by atoms with van der Waals surface area (Å²) in [6, 6.07) is 11.8. The van der Waals surface area contributed by atoms with Crippen molar-refractivity contribution in [2.24, 2.45) is 4.99 Å². The van der Waals surface area contributed by atoms with Gasteiger partial charge in [0, 0.05) is 26.5 Å². The van der Waals surface area contributed by atoms with Crippen LogP contribution in [-0.4, -0.2) is 52.8 Å². The fourth-order valence-corrected chi connectivity index (χ4v) is 4.23. The van der Waals surface area contributed by atoms with Gasteiger partial charge in [-0.2, -0.15) is 4.99 Å². The van der Waals surface area contributed by atoms with E-state index in [1.54, 1.807) is 55.1 Å². The van der Waals surface area contributed by atoms with E-state index in [0.29, 0.717) is 36.7 Å². The lowest BCUT2D eigenvalue weighted by Crippen LogP contribution is -2.33. The third-order valence-electron chi connectivity index (χ3n) is 5.96. The van der Waals surface area contributed by atoms with E-state index in [1.807, 2.05) is 19.9 Å². The molecule has 1 aromatic carbocycles. The van der Waals surface area contributed by atoms with E-state index in [2.05, 4.69) is 4.99 Å². The molecule has 0 unspecified atom stereocenters. The van der Waals surface area contributed by atoms with Crippen LogP contribution in [0.2, 0.25) is 0 Å². The maximum Gasteiger partial charge on any atom is 0.341 e. The van der Waals surface area contributed by atoms with Crippen LogP contribution >= 0.6 is 0 Å². The van der Waals surface area contributed by atoms with Gasteiger partial charge < -0.3 is 18.8 Å². The summed E-state index contributed by atoms with van der Waals surface area (Å²) < 4.78 is 19.2. The lowest BCUT2D eigenvalue weighted by atomic mass is 10.1. The SMILES string of the molecule is CCOC(=O)c1cc2c(=O)n3cccc(C)c3nc2n(CCCOC)c1=NC(=O)c1ccccc1OCC. The van der Waals surface area contributed by atoms with Gasteiger partial charge in [0.1, 0.15) is 22.6 Å². The van der Waals surface area contributed by atoms with Crippen molar-refractivity contribution in [2.75, 3.05) is 26.9 Å². The van der Waals surface area contributed by atoms with Gasteiger partial charge in [-0.05, 0) is 57.0 Å². The Hall–Kier alpha value is -4.31. The number of ether oxygens (including phenoxy) is 3. The minimum Gasteiger partial charge on any atom is -0.493 e. The molecule has 0 atom stereocenters. The van der Waals surface area contributed by atoms with Gasteiger partial charge in [0.05, 0.1) is 24.2 Å². The summed E-state index contributed by atoms with van der Waals surface area (Å²) in [5.74, 6) is -0.924. The molecule has 10 nitrogen and oxygen atoms in total. The third-order valence-corrected chi connectivity index (χ3v) is 5.96. The normalized spacial score (nSPS) is 11.7. The average Bonchev–Trinajstić information content (AvgIpc) is 2.91. The van der Waals surface area contributed by atoms with E-state index in [1.165, 1.54) is 10.5 Å². The predicted molar refractivity (Wildman–Crippen MR) is 142 cm³/mol. The fraction of sp³-hybridized carbons (Fsp3) is 0.321. The summed E-state index contributed by atoms with van der Waals surface area (Å²) in [7, 11) is 1.58. The molecular formula is C28H30N4O6. The second-order valence-electron chi connectivity index (χ2n) is 8.49. The summed E-state index contributed by atoms with van der Waals surface area (Å²) in [5, 5.41) is 0.203. The maximum atomic E-state index is 13.5. The second-order valence-corrected chi connectivity index (χ2v) is 8.49. The molecule has 10 heteroatoms.